The van der Waals surface area contributed by atoms with E-state index in [1.54, 1.807) is 0 Å². The maximum absolute atomic E-state index is 12.1. The topological polar surface area (TPSA) is 32.3 Å². The van der Waals surface area contributed by atoms with Gasteiger partial charge in [-0.1, -0.05) is 37.1 Å². The average Bonchev–Trinajstić information content (AvgIpc) is 2.76. The Hall–Kier alpha value is -0.650. The van der Waals surface area contributed by atoms with Crippen LogP contribution in [0.5, 0.6) is 0 Å². The zero-order valence-electron chi connectivity index (χ0n) is 18.0. The summed E-state index contributed by atoms with van der Waals surface area (Å²) in [5.74, 6) is 1.50. The SMILES string of the molecule is Cc1ccccc1C1SCCC(CCCCC(=O)NCCCN2CCCCC2)S1. The van der Waals surface area contributed by atoms with Crippen molar-refractivity contribution in [1.82, 2.24) is 10.2 Å². The molecule has 0 bridgehead atoms. The first-order valence-electron chi connectivity index (χ1n) is 11.5. The molecule has 3 nitrogen and oxygen atoms in total. The monoisotopic (exact) mass is 434 g/mol. The number of likely N-dealkylation sites (tertiary alicyclic amines) is 1. The van der Waals surface area contributed by atoms with Crippen LogP contribution in [0.4, 0.5) is 0 Å². The number of benzene rings is 1. The van der Waals surface area contributed by atoms with Gasteiger partial charge >= 0.3 is 0 Å². The second-order valence-electron chi connectivity index (χ2n) is 8.46. The Morgan fingerprint density at radius 2 is 1.97 bits per heavy atom. The van der Waals surface area contributed by atoms with Crippen LogP contribution in [0.3, 0.4) is 0 Å². The third-order valence-electron chi connectivity index (χ3n) is 6.07. The van der Waals surface area contributed by atoms with Gasteiger partial charge in [-0.3, -0.25) is 4.79 Å². The van der Waals surface area contributed by atoms with Crippen molar-refractivity contribution in [2.75, 3.05) is 31.9 Å². The molecule has 5 heteroatoms. The van der Waals surface area contributed by atoms with Crippen LogP contribution in [-0.2, 0) is 4.79 Å². The van der Waals surface area contributed by atoms with E-state index in [1.807, 2.05) is 0 Å². The lowest BCUT2D eigenvalue weighted by molar-refractivity contribution is -0.121. The molecule has 1 aromatic rings. The quantitative estimate of drug-likeness (QED) is 0.473. The van der Waals surface area contributed by atoms with E-state index >= 15 is 0 Å². The Morgan fingerprint density at radius 1 is 1.14 bits per heavy atom. The van der Waals surface area contributed by atoms with Gasteiger partial charge in [-0.25, -0.2) is 0 Å². The Bertz CT molecular complexity index is 619. The summed E-state index contributed by atoms with van der Waals surface area (Å²) in [6.07, 6.45) is 10.6. The molecule has 1 aromatic carbocycles. The Balaban J connectivity index is 1.24. The van der Waals surface area contributed by atoms with Gasteiger partial charge in [0.05, 0.1) is 4.58 Å². The number of rotatable bonds is 10. The first-order valence-corrected chi connectivity index (χ1v) is 13.5. The van der Waals surface area contributed by atoms with Crippen LogP contribution in [0.25, 0.3) is 0 Å². The van der Waals surface area contributed by atoms with Gasteiger partial charge in [0.2, 0.25) is 5.91 Å². The molecule has 2 saturated heterocycles. The number of aryl methyl sites for hydroxylation is 1. The van der Waals surface area contributed by atoms with Crippen molar-refractivity contribution in [1.29, 1.82) is 0 Å². The van der Waals surface area contributed by atoms with Gasteiger partial charge in [-0.15, -0.1) is 23.5 Å². The highest BCUT2D eigenvalue weighted by Gasteiger charge is 2.24. The molecule has 2 aliphatic heterocycles. The van der Waals surface area contributed by atoms with Crippen molar-refractivity contribution in [3.8, 4) is 0 Å². The molecule has 162 valence electrons. The minimum atomic E-state index is 0.244. The Morgan fingerprint density at radius 3 is 2.79 bits per heavy atom. The summed E-state index contributed by atoms with van der Waals surface area (Å²) in [5.41, 5.74) is 2.91. The van der Waals surface area contributed by atoms with Crippen molar-refractivity contribution < 1.29 is 4.79 Å². The third-order valence-corrected chi connectivity index (χ3v) is 9.20. The molecule has 29 heavy (non-hydrogen) atoms. The Kier molecular flexibility index (Phi) is 10.3. The van der Waals surface area contributed by atoms with Gasteiger partial charge in [0, 0.05) is 18.2 Å². The first kappa shape index (κ1) is 23.0. The highest BCUT2D eigenvalue weighted by Crippen LogP contribution is 2.49. The number of piperidine rings is 1. The fraction of sp³-hybridized carbons (Fsp3) is 0.708. The van der Waals surface area contributed by atoms with Gasteiger partial charge in [-0.2, -0.15) is 0 Å². The molecule has 0 aliphatic carbocycles. The van der Waals surface area contributed by atoms with E-state index in [-0.39, 0.29) is 5.91 Å². The predicted octanol–water partition coefficient (Wildman–Crippen LogP) is 5.78. The number of thioether (sulfide) groups is 2. The molecule has 3 rings (SSSR count). The lowest BCUT2D eigenvalue weighted by atomic mass is 10.1. The number of hydrogen-bond donors (Lipinski definition) is 1. The van der Waals surface area contributed by atoms with Crippen LogP contribution in [-0.4, -0.2) is 48.0 Å². The number of nitrogens with zero attached hydrogens (tertiary/aromatic N) is 1. The second kappa shape index (κ2) is 12.9. The van der Waals surface area contributed by atoms with Crippen LogP contribution < -0.4 is 5.32 Å². The number of hydrogen-bond acceptors (Lipinski definition) is 4. The minimum absolute atomic E-state index is 0.244. The van der Waals surface area contributed by atoms with E-state index in [9.17, 15) is 4.79 Å². The molecule has 0 spiro atoms. The maximum Gasteiger partial charge on any atom is 0.219 e. The zero-order valence-corrected chi connectivity index (χ0v) is 19.7. The summed E-state index contributed by atoms with van der Waals surface area (Å²) in [5, 5.41) is 3.87. The number of carbonyl (C=O) groups excluding carboxylic acids is 1. The van der Waals surface area contributed by atoms with Crippen LogP contribution >= 0.6 is 23.5 Å². The molecule has 1 N–H and O–H groups in total. The summed E-state index contributed by atoms with van der Waals surface area (Å²) in [6.45, 7) is 6.69. The van der Waals surface area contributed by atoms with Crippen LogP contribution in [0, 0.1) is 6.92 Å². The van der Waals surface area contributed by atoms with Crippen molar-refractivity contribution >= 4 is 29.4 Å². The summed E-state index contributed by atoms with van der Waals surface area (Å²) < 4.78 is 0.582. The maximum atomic E-state index is 12.1. The van der Waals surface area contributed by atoms with Crippen molar-refractivity contribution in [2.24, 2.45) is 0 Å². The van der Waals surface area contributed by atoms with Crippen molar-refractivity contribution in [2.45, 2.75) is 74.5 Å². The first-order chi connectivity index (χ1) is 14.2. The van der Waals surface area contributed by atoms with E-state index in [1.165, 1.54) is 68.5 Å². The largest absolute Gasteiger partial charge is 0.356 e. The third kappa shape index (κ3) is 8.18. The summed E-state index contributed by atoms with van der Waals surface area (Å²) in [7, 11) is 0. The van der Waals surface area contributed by atoms with Crippen molar-refractivity contribution in [3.63, 3.8) is 0 Å². The van der Waals surface area contributed by atoms with Gasteiger partial charge in [0.25, 0.3) is 0 Å². The number of carbonyl (C=O) groups is 1. The van der Waals surface area contributed by atoms with Crippen LogP contribution in [0.1, 0.15) is 73.5 Å². The zero-order chi connectivity index (χ0) is 20.3. The Labute approximate surface area is 186 Å². The fourth-order valence-corrected chi connectivity index (χ4v) is 7.89. The molecule has 2 heterocycles. The van der Waals surface area contributed by atoms with Crippen molar-refractivity contribution in [3.05, 3.63) is 35.4 Å². The summed E-state index contributed by atoms with van der Waals surface area (Å²) >= 11 is 4.24. The van der Waals surface area contributed by atoms with E-state index in [4.69, 9.17) is 0 Å². The molecular formula is C24H38N2OS2. The molecule has 1 amide bonds. The standard InChI is InChI=1S/C24H38N2OS2/c1-20-10-3-5-12-22(20)24-28-19-14-21(29-24)11-4-6-13-23(27)25-15-9-18-26-16-7-2-8-17-26/h3,5,10,12,21,24H,2,4,6-9,11,13-19H2,1H3,(H,25,27). The number of nitrogens with one attached hydrogen (secondary N) is 1. The molecule has 2 fully saturated rings. The lowest BCUT2D eigenvalue weighted by Crippen LogP contribution is -2.33. The van der Waals surface area contributed by atoms with E-state index in [2.05, 4.69) is 64.9 Å². The van der Waals surface area contributed by atoms with Gasteiger partial charge < -0.3 is 10.2 Å². The highest BCUT2D eigenvalue weighted by atomic mass is 32.2. The summed E-state index contributed by atoms with van der Waals surface area (Å²) in [6, 6.07) is 8.81. The van der Waals surface area contributed by atoms with Gasteiger partial charge in [0.1, 0.15) is 0 Å². The molecule has 2 atom stereocenters. The van der Waals surface area contributed by atoms with Gasteiger partial charge in [0.15, 0.2) is 0 Å². The molecule has 0 radical (unpaired) electrons. The summed E-state index contributed by atoms with van der Waals surface area (Å²) in [4.78, 5) is 14.6. The molecule has 0 saturated carbocycles. The van der Waals surface area contributed by atoms with Crippen LogP contribution in [0.15, 0.2) is 24.3 Å². The lowest BCUT2D eigenvalue weighted by Gasteiger charge is -2.29. The number of unbranched alkanes of at least 4 members (excludes halogenated alkanes) is 1. The molecule has 0 aromatic heterocycles. The average molecular weight is 435 g/mol. The number of amides is 1. The second-order valence-corrected chi connectivity index (χ2v) is 11.4. The van der Waals surface area contributed by atoms with E-state index in [0.717, 1.165) is 31.2 Å². The predicted molar refractivity (Wildman–Crippen MR) is 129 cm³/mol. The fourth-order valence-electron chi connectivity index (χ4n) is 4.27. The molecular weight excluding hydrogens is 396 g/mol. The van der Waals surface area contributed by atoms with E-state index in [0.29, 0.717) is 11.0 Å². The smallest absolute Gasteiger partial charge is 0.219 e. The van der Waals surface area contributed by atoms with E-state index < -0.39 is 0 Å². The molecule has 2 unspecified atom stereocenters. The normalized spacial score (nSPS) is 23.1. The minimum Gasteiger partial charge on any atom is -0.356 e. The van der Waals surface area contributed by atoms with Crippen LogP contribution in [0.2, 0.25) is 0 Å². The molecule has 2 aliphatic rings. The highest BCUT2D eigenvalue weighted by molar-refractivity contribution is 8.17. The van der Waals surface area contributed by atoms with Gasteiger partial charge in [-0.05, 0) is 82.0 Å².